The van der Waals surface area contributed by atoms with Crippen LogP contribution in [0.5, 0.6) is 0 Å². The average molecular weight is 272 g/mol. The molecule has 0 aromatic heterocycles. The first-order valence-electron chi connectivity index (χ1n) is 7.99. The first-order chi connectivity index (χ1) is 9.11. The largest absolute Gasteiger partial charge is 0.391 e. The van der Waals surface area contributed by atoms with Gasteiger partial charge in [0, 0.05) is 6.61 Å². The van der Waals surface area contributed by atoms with Gasteiger partial charge < -0.3 is 14.6 Å². The predicted octanol–water partition coefficient (Wildman–Crippen LogP) is 3.40. The Morgan fingerprint density at radius 3 is 2.42 bits per heavy atom. The topological polar surface area (TPSA) is 38.7 Å². The highest BCUT2D eigenvalue weighted by Gasteiger charge is 2.21. The van der Waals surface area contributed by atoms with Gasteiger partial charge in [0.15, 0.2) is 0 Å². The Hall–Kier alpha value is -0.120. The average Bonchev–Trinajstić information content (AvgIpc) is 2.84. The van der Waals surface area contributed by atoms with Crippen molar-refractivity contribution in [2.45, 2.75) is 71.5 Å². The van der Waals surface area contributed by atoms with Gasteiger partial charge >= 0.3 is 0 Å². The number of aliphatic hydroxyl groups is 1. The first-order valence-corrected chi connectivity index (χ1v) is 7.99. The molecule has 1 rings (SSSR count). The molecule has 2 unspecified atom stereocenters. The first kappa shape index (κ1) is 16.9. The van der Waals surface area contributed by atoms with Gasteiger partial charge in [-0.05, 0) is 31.6 Å². The fourth-order valence-electron chi connectivity index (χ4n) is 2.91. The van der Waals surface area contributed by atoms with Crippen molar-refractivity contribution in [2.24, 2.45) is 11.8 Å². The molecule has 1 aliphatic carbocycles. The minimum atomic E-state index is -0.340. The van der Waals surface area contributed by atoms with Gasteiger partial charge in [-0.25, -0.2) is 0 Å². The molecule has 114 valence electrons. The molecule has 0 amide bonds. The smallest absolute Gasteiger partial charge is 0.0812 e. The summed E-state index contributed by atoms with van der Waals surface area (Å²) in [5.74, 6) is 1.31. The second-order valence-electron chi connectivity index (χ2n) is 6.28. The van der Waals surface area contributed by atoms with Gasteiger partial charge in [-0.3, -0.25) is 0 Å². The van der Waals surface area contributed by atoms with E-state index in [-0.39, 0.29) is 12.2 Å². The van der Waals surface area contributed by atoms with E-state index in [0.717, 1.165) is 25.4 Å². The maximum absolute atomic E-state index is 9.89. The number of hydrogen-bond donors (Lipinski definition) is 1. The van der Waals surface area contributed by atoms with E-state index in [1.807, 2.05) is 6.92 Å². The van der Waals surface area contributed by atoms with E-state index in [1.54, 1.807) is 0 Å². The van der Waals surface area contributed by atoms with Crippen LogP contribution in [0.1, 0.15) is 59.3 Å². The number of ether oxygens (including phenoxy) is 2. The Labute approximate surface area is 118 Å². The molecule has 3 heteroatoms. The van der Waals surface area contributed by atoms with E-state index in [1.165, 1.54) is 25.7 Å². The normalized spacial score (nSPS) is 20.1. The van der Waals surface area contributed by atoms with Crippen LogP contribution in [0.25, 0.3) is 0 Å². The van der Waals surface area contributed by atoms with E-state index >= 15 is 0 Å². The summed E-state index contributed by atoms with van der Waals surface area (Å²) in [6.45, 7) is 8.11. The maximum Gasteiger partial charge on any atom is 0.0812 e. The molecule has 1 N–H and O–H groups in total. The van der Waals surface area contributed by atoms with Gasteiger partial charge in [-0.1, -0.05) is 39.5 Å². The van der Waals surface area contributed by atoms with E-state index in [9.17, 15) is 5.11 Å². The number of rotatable bonds is 10. The van der Waals surface area contributed by atoms with Crippen molar-refractivity contribution in [1.29, 1.82) is 0 Å². The molecule has 0 aromatic rings. The van der Waals surface area contributed by atoms with Crippen LogP contribution in [-0.2, 0) is 9.47 Å². The third kappa shape index (κ3) is 7.91. The number of aliphatic hydroxyl groups excluding tert-OH is 1. The van der Waals surface area contributed by atoms with Crippen LogP contribution < -0.4 is 0 Å². The molecule has 1 fully saturated rings. The summed E-state index contributed by atoms with van der Waals surface area (Å²) in [5, 5.41) is 9.89. The highest BCUT2D eigenvalue weighted by Crippen LogP contribution is 2.29. The molecule has 0 heterocycles. The van der Waals surface area contributed by atoms with E-state index in [4.69, 9.17) is 9.47 Å². The van der Waals surface area contributed by atoms with Crippen molar-refractivity contribution in [2.75, 3.05) is 19.8 Å². The van der Waals surface area contributed by atoms with Crippen molar-refractivity contribution < 1.29 is 14.6 Å². The molecule has 1 saturated carbocycles. The lowest BCUT2D eigenvalue weighted by Gasteiger charge is -2.23. The summed E-state index contributed by atoms with van der Waals surface area (Å²) >= 11 is 0. The lowest BCUT2D eigenvalue weighted by Crippen LogP contribution is -2.28. The summed E-state index contributed by atoms with van der Waals surface area (Å²) in [6, 6.07) is 0. The molecule has 0 radical (unpaired) electrons. The van der Waals surface area contributed by atoms with Crippen LogP contribution in [0.2, 0.25) is 0 Å². The summed E-state index contributed by atoms with van der Waals surface area (Å²) < 4.78 is 11.4. The van der Waals surface area contributed by atoms with Gasteiger partial charge in [0.2, 0.25) is 0 Å². The zero-order valence-corrected chi connectivity index (χ0v) is 12.9. The quantitative estimate of drug-likeness (QED) is 0.662. The molecule has 0 spiro atoms. The monoisotopic (exact) mass is 272 g/mol. The highest BCUT2D eigenvalue weighted by atomic mass is 16.5. The van der Waals surface area contributed by atoms with Crippen LogP contribution >= 0.6 is 0 Å². The van der Waals surface area contributed by atoms with Crippen LogP contribution in [0.15, 0.2) is 0 Å². The lowest BCUT2D eigenvalue weighted by molar-refractivity contribution is -0.0589. The molecule has 0 aromatic carbocycles. The Morgan fingerprint density at radius 1 is 1.16 bits per heavy atom. The second kappa shape index (κ2) is 9.73. The molecule has 0 saturated heterocycles. The molecule has 2 atom stereocenters. The fourth-order valence-corrected chi connectivity index (χ4v) is 2.91. The van der Waals surface area contributed by atoms with Gasteiger partial charge in [-0.2, -0.15) is 0 Å². The Kier molecular flexibility index (Phi) is 8.67. The Balaban J connectivity index is 2.26. The van der Waals surface area contributed by atoms with Crippen LogP contribution in [-0.4, -0.2) is 37.1 Å². The van der Waals surface area contributed by atoms with Gasteiger partial charge in [0.05, 0.1) is 25.4 Å². The molecule has 19 heavy (non-hydrogen) atoms. The van der Waals surface area contributed by atoms with Crippen molar-refractivity contribution in [3.05, 3.63) is 0 Å². The van der Waals surface area contributed by atoms with Crippen LogP contribution in [0.4, 0.5) is 0 Å². The zero-order chi connectivity index (χ0) is 14.1. The van der Waals surface area contributed by atoms with Gasteiger partial charge in [0.25, 0.3) is 0 Å². The summed E-state index contributed by atoms with van der Waals surface area (Å²) in [7, 11) is 0. The molecule has 3 nitrogen and oxygen atoms in total. The van der Waals surface area contributed by atoms with Crippen molar-refractivity contribution in [3.63, 3.8) is 0 Å². The zero-order valence-electron chi connectivity index (χ0n) is 12.9. The minimum Gasteiger partial charge on any atom is -0.391 e. The molecular weight excluding hydrogens is 240 g/mol. The second-order valence-corrected chi connectivity index (χ2v) is 6.28. The summed E-state index contributed by atoms with van der Waals surface area (Å²) in [5.41, 5.74) is 0. The minimum absolute atomic E-state index is 0.157. The van der Waals surface area contributed by atoms with E-state index in [0.29, 0.717) is 19.1 Å². The third-order valence-corrected chi connectivity index (χ3v) is 3.85. The molecule has 0 aliphatic heterocycles. The predicted molar refractivity (Wildman–Crippen MR) is 78.3 cm³/mol. The summed E-state index contributed by atoms with van der Waals surface area (Å²) in [6.07, 6.45) is 7.11. The summed E-state index contributed by atoms with van der Waals surface area (Å²) in [4.78, 5) is 0. The SMILES string of the molecule is CCOCC(CC1CCCC1)OCC(O)CC(C)C. The Bertz CT molecular complexity index is 212. The molecule has 1 aliphatic rings. The molecule has 0 bridgehead atoms. The third-order valence-electron chi connectivity index (χ3n) is 3.85. The van der Waals surface area contributed by atoms with Crippen LogP contribution in [0.3, 0.4) is 0 Å². The standard InChI is InChI=1S/C16H32O3/c1-4-18-12-16(10-14-7-5-6-8-14)19-11-15(17)9-13(2)3/h13-17H,4-12H2,1-3H3. The van der Waals surface area contributed by atoms with Crippen LogP contribution in [0, 0.1) is 11.8 Å². The maximum atomic E-state index is 9.89. The van der Waals surface area contributed by atoms with E-state index < -0.39 is 0 Å². The molecular formula is C16H32O3. The fraction of sp³-hybridized carbons (Fsp3) is 1.00. The van der Waals surface area contributed by atoms with Gasteiger partial charge in [0.1, 0.15) is 0 Å². The van der Waals surface area contributed by atoms with E-state index in [2.05, 4.69) is 13.8 Å². The van der Waals surface area contributed by atoms with Crippen molar-refractivity contribution in [1.82, 2.24) is 0 Å². The highest BCUT2D eigenvalue weighted by molar-refractivity contribution is 4.72. The van der Waals surface area contributed by atoms with Crippen molar-refractivity contribution in [3.8, 4) is 0 Å². The lowest BCUT2D eigenvalue weighted by atomic mass is 10.00. The van der Waals surface area contributed by atoms with Gasteiger partial charge in [-0.15, -0.1) is 0 Å². The van der Waals surface area contributed by atoms with Crippen molar-refractivity contribution >= 4 is 0 Å². The number of hydrogen-bond acceptors (Lipinski definition) is 3. The Morgan fingerprint density at radius 2 is 1.84 bits per heavy atom.